The van der Waals surface area contributed by atoms with Gasteiger partial charge in [-0.2, -0.15) is 0 Å². The highest BCUT2D eigenvalue weighted by molar-refractivity contribution is 6.26. The van der Waals surface area contributed by atoms with Crippen molar-refractivity contribution in [1.29, 1.82) is 0 Å². The zero-order valence-electron chi connectivity index (χ0n) is 46.1. The molecule has 0 amide bonds. The van der Waals surface area contributed by atoms with Crippen LogP contribution in [0.25, 0.3) is 98.6 Å². The standard InChI is InChI=1S/C78H59N3/c1-50-28-32-60(54-18-9-5-10-19-54)44-72(50)79(73-45-61(33-29-51(73)2)55-20-11-6-12-21-55)66-38-36-58-42-70-68-26-17-27-69-71-43-59-37-39-67(41-65(59)49-77(71)81(78(68)69)76(70)48-64(58)40-66)80(74-46-62(34-30-52(74)3)56-22-13-7-14-23-56)75-47-63(35-31-53(75)4)57-24-15-8-16-25-57/h5-15,17-24,26-49H,16,25H2,1-4H3. The molecule has 0 aliphatic heterocycles. The van der Waals surface area contributed by atoms with Crippen LogP contribution in [0, 0.1) is 27.7 Å². The van der Waals surface area contributed by atoms with E-state index < -0.39 is 0 Å². The Hall–Kier alpha value is -9.96. The second-order valence-electron chi connectivity index (χ2n) is 22.3. The number of allylic oxidation sites excluding steroid dienone is 4. The van der Waals surface area contributed by atoms with Crippen LogP contribution in [-0.2, 0) is 0 Å². The van der Waals surface area contributed by atoms with Crippen molar-refractivity contribution in [3.8, 4) is 33.4 Å². The lowest BCUT2D eigenvalue weighted by Crippen LogP contribution is -2.13. The average Bonchev–Trinajstić information content (AvgIpc) is 3.96. The fourth-order valence-corrected chi connectivity index (χ4v) is 12.9. The van der Waals surface area contributed by atoms with Crippen molar-refractivity contribution in [1.82, 2.24) is 4.40 Å². The monoisotopic (exact) mass is 1040 g/mol. The first-order valence-electron chi connectivity index (χ1n) is 28.4. The van der Waals surface area contributed by atoms with Gasteiger partial charge >= 0.3 is 0 Å². The second kappa shape index (κ2) is 19.4. The topological polar surface area (TPSA) is 10.9 Å². The number of aromatic nitrogens is 1. The molecule has 0 bridgehead atoms. The van der Waals surface area contributed by atoms with Gasteiger partial charge in [-0.1, -0.05) is 188 Å². The van der Waals surface area contributed by atoms with Gasteiger partial charge < -0.3 is 14.2 Å². The van der Waals surface area contributed by atoms with Gasteiger partial charge in [-0.15, -0.1) is 0 Å². The number of benzene rings is 12. The van der Waals surface area contributed by atoms with Crippen LogP contribution in [0.15, 0.2) is 261 Å². The summed E-state index contributed by atoms with van der Waals surface area (Å²) in [5.41, 5.74) is 25.3. The minimum Gasteiger partial charge on any atom is -0.310 e. The third-order valence-electron chi connectivity index (χ3n) is 17.2. The molecule has 0 atom stereocenters. The molecule has 14 aromatic rings. The van der Waals surface area contributed by atoms with Gasteiger partial charge in [-0.3, -0.25) is 0 Å². The molecule has 2 heterocycles. The van der Waals surface area contributed by atoms with E-state index in [0.717, 1.165) is 35.6 Å². The van der Waals surface area contributed by atoms with Crippen LogP contribution < -0.4 is 9.80 Å². The van der Waals surface area contributed by atoms with E-state index in [1.54, 1.807) is 0 Å². The van der Waals surface area contributed by atoms with E-state index in [1.807, 2.05) is 0 Å². The summed E-state index contributed by atoms with van der Waals surface area (Å²) in [6.07, 6.45) is 8.86. The highest BCUT2D eigenvalue weighted by atomic mass is 15.2. The lowest BCUT2D eigenvalue weighted by Gasteiger charge is -2.30. The van der Waals surface area contributed by atoms with E-state index in [2.05, 4.69) is 303 Å². The predicted molar refractivity (Wildman–Crippen MR) is 347 cm³/mol. The molecule has 12 aromatic carbocycles. The van der Waals surface area contributed by atoms with Crippen molar-refractivity contribution in [2.45, 2.75) is 40.5 Å². The van der Waals surface area contributed by atoms with E-state index in [9.17, 15) is 0 Å². The first-order chi connectivity index (χ1) is 39.8. The smallest absolute Gasteiger partial charge is 0.0620 e. The van der Waals surface area contributed by atoms with Crippen LogP contribution in [0.5, 0.6) is 0 Å². The van der Waals surface area contributed by atoms with Gasteiger partial charge in [0.15, 0.2) is 0 Å². The molecule has 0 N–H and O–H groups in total. The van der Waals surface area contributed by atoms with Gasteiger partial charge in [-0.05, 0) is 202 Å². The van der Waals surface area contributed by atoms with E-state index in [0.29, 0.717) is 0 Å². The molecule has 81 heavy (non-hydrogen) atoms. The molecule has 3 heteroatoms. The van der Waals surface area contributed by atoms with Crippen molar-refractivity contribution in [2.75, 3.05) is 9.80 Å². The van der Waals surface area contributed by atoms with E-state index >= 15 is 0 Å². The maximum absolute atomic E-state index is 2.55. The number of nitrogens with zero attached hydrogens (tertiary/aromatic N) is 3. The van der Waals surface area contributed by atoms with Gasteiger partial charge in [0.05, 0.1) is 16.6 Å². The van der Waals surface area contributed by atoms with Crippen molar-refractivity contribution >= 4 is 99.3 Å². The number of anilines is 6. The lowest BCUT2D eigenvalue weighted by molar-refractivity contribution is 1.05. The maximum atomic E-state index is 2.55. The Morgan fingerprint density at radius 1 is 0.321 bits per heavy atom. The molecule has 0 saturated carbocycles. The van der Waals surface area contributed by atoms with Crippen LogP contribution in [0.1, 0.15) is 40.7 Å². The SMILES string of the molecule is Cc1ccc(C2=CC=CCC2)cc1N(c1ccc2cc3c4cccc5c6cc7ccc(N(c8cc(-c9ccccc9)ccc8C)c8cc(-c9ccccc9)ccc8C)cc7cc6n(c3cc2c1)c45)c1cc(-c2ccccc2)ccc1C. The van der Waals surface area contributed by atoms with Crippen molar-refractivity contribution in [3.05, 3.63) is 289 Å². The molecule has 0 radical (unpaired) electrons. The summed E-state index contributed by atoms with van der Waals surface area (Å²) >= 11 is 0. The molecule has 2 aromatic heterocycles. The van der Waals surface area contributed by atoms with Crippen LogP contribution in [0.2, 0.25) is 0 Å². The molecule has 0 unspecified atom stereocenters. The normalized spacial score (nSPS) is 12.6. The molecule has 386 valence electrons. The molecule has 1 aliphatic rings. The Morgan fingerprint density at radius 3 is 1.14 bits per heavy atom. The molecular formula is C78H59N3. The number of para-hydroxylation sites is 1. The summed E-state index contributed by atoms with van der Waals surface area (Å²) in [7, 11) is 0. The molecular weight excluding hydrogens is 979 g/mol. The minimum atomic E-state index is 1.04. The number of hydrogen-bond acceptors (Lipinski definition) is 2. The Labute approximate surface area is 473 Å². The molecule has 0 spiro atoms. The largest absolute Gasteiger partial charge is 0.310 e. The maximum Gasteiger partial charge on any atom is 0.0620 e. The fourth-order valence-electron chi connectivity index (χ4n) is 12.9. The third kappa shape index (κ3) is 8.27. The minimum absolute atomic E-state index is 1.04. The highest BCUT2D eigenvalue weighted by Gasteiger charge is 2.24. The fraction of sp³-hybridized carbons (Fsp3) is 0.0769. The first kappa shape index (κ1) is 48.2. The summed E-state index contributed by atoms with van der Waals surface area (Å²) < 4.78 is 2.55. The number of aryl methyl sites for hydroxylation is 4. The van der Waals surface area contributed by atoms with Crippen molar-refractivity contribution in [2.24, 2.45) is 0 Å². The lowest BCUT2D eigenvalue weighted by atomic mass is 9.95. The van der Waals surface area contributed by atoms with Gasteiger partial charge in [0.2, 0.25) is 0 Å². The molecule has 0 saturated heterocycles. The van der Waals surface area contributed by atoms with Crippen LogP contribution in [0.3, 0.4) is 0 Å². The highest BCUT2D eigenvalue weighted by Crippen LogP contribution is 2.47. The number of hydrogen-bond donors (Lipinski definition) is 0. The number of rotatable bonds is 10. The van der Waals surface area contributed by atoms with Crippen molar-refractivity contribution in [3.63, 3.8) is 0 Å². The number of fused-ring (bicyclic) bond motifs is 8. The predicted octanol–water partition coefficient (Wildman–Crippen LogP) is 22.1. The van der Waals surface area contributed by atoms with Crippen molar-refractivity contribution < 1.29 is 0 Å². The molecule has 0 fully saturated rings. The Morgan fingerprint density at radius 2 is 0.728 bits per heavy atom. The Bertz CT molecular complexity index is 4760. The van der Waals surface area contributed by atoms with Gasteiger partial charge in [0.1, 0.15) is 0 Å². The van der Waals surface area contributed by atoms with Crippen LogP contribution in [-0.4, -0.2) is 4.40 Å². The molecule has 15 rings (SSSR count). The first-order valence-corrected chi connectivity index (χ1v) is 28.4. The third-order valence-corrected chi connectivity index (χ3v) is 17.2. The average molecular weight is 1040 g/mol. The molecule has 3 nitrogen and oxygen atoms in total. The van der Waals surface area contributed by atoms with E-state index in [1.165, 1.54) is 138 Å². The van der Waals surface area contributed by atoms with Gasteiger partial charge in [0, 0.05) is 55.7 Å². The van der Waals surface area contributed by atoms with Gasteiger partial charge in [-0.25, -0.2) is 0 Å². The zero-order chi connectivity index (χ0) is 54.3. The Kier molecular flexibility index (Phi) is 11.6. The quantitative estimate of drug-likeness (QED) is 0.135. The summed E-state index contributed by atoms with van der Waals surface area (Å²) in [6.45, 7) is 8.98. The van der Waals surface area contributed by atoms with Crippen LogP contribution in [0.4, 0.5) is 34.1 Å². The second-order valence-corrected chi connectivity index (χ2v) is 22.3. The molecule has 1 aliphatic carbocycles. The van der Waals surface area contributed by atoms with Crippen LogP contribution >= 0.6 is 0 Å². The zero-order valence-corrected chi connectivity index (χ0v) is 46.1. The van der Waals surface area contributed by atoms with Gasteiger partial charge in [0.25, 0.3) is 0 Å². The summed E-state index contributed by atoms with van der Waals surface area (Å²) in [5, 5.41) is 9.90. The Balaban J connectivity index is 0.921. The summed E-state index contributed by atoms with van der Waals surface area (Å²) in [6, 6.07) is 90.8. The summed E-state index contributed by atoms with van der Waals surface area (Å²) in [4.78, 5) is 5.00. The van der Waals surface area contributed by atoms with E-state index in [-0.39, 0.29) is 0 Å². The summed E-state index contributed by atoms with van der Waals surface area (Å²) in [5.74, 6) is 0. The van der Waals surface area contributed by atoms with E-state index in [4.69, 9.17) is 0 Å².